The predicted molar refractivity (Wildman–Crippen MR) is 75.3 cm³/mol. The highest BCUT2D eigenvalue weighted by molar-refractivity contribution is 5.77. The van der Waals surface area contributed by atoms with Crippen molar-refractivity contribution in [1.29, 1.82) is 0 Å². The number of nitrogens with one attached hydrogen (secondary N) is 2. The molecular weight excluding hydrogens is 224 g/mol. The van der Waals surface area contributed by atoms with Crippen LogP contribution in [-0.2, 0) is 11.3 Å². The first-order valence-electron chi connectivity index (χ1n) is 6.80. The second-order valence-corrected chi connectivity index (χ2v) is 4.54. The molecule has 0 bridgehead atoms. The predicted octanol–water partition coefficient (Wildman–Crippen LogP) is 2.47. The molecule has 0 spiro atoms. The van der Waals surface area contributed by atoms with Crippen LogP contribution in [0.15, 0.2) is 30.3 Å². The summed E-state index contributed by atoms with van der Waals surface area (Å²) in [5.74, 6) is 0.0633. The molecule has 0 fully saturated rings. The minimum absolute atomic E-state index is 0.0633. The molecule has 0 saturated carbocycles. The number of amides is 1. The Bertz CT molecular complexity index is 338. The van der Waals surface area contributed by atoms with Crippen molar-refractivity contribution in [3.05, 3.63) is 35.9 Å². The van der Waals surface area contributed by atoms with Crippen LogP contribution in [0.5, 0.6) is 0 Å². The maximum atomic E-state index is 11.7. The Morgan fingerprint density at radius 1 is 1.22 bits per heavy atom. The third kappa shape index (κ3) is 5.82. The van der Waals surface area contributed by atoms with Crippen LogP contribution in [0.4, 0.5) is 0 Å². The molecule has 0 aliphatic rings. The van der Waals surface area contributed by atoms with Crippen LogP contribution in [0, 0.1) is 0 Å². The van der Waals surface area contributed by atoms with E-state index in [0.29, 0.717) is 19.1 Å². The summed E-state index contributed by atoms with van der Waals surface area (Å²) < 4.78 is 0. The molecule has 1 aromatic carbocycles. The van der Waals surface area contributed by atoms with Crippen molar-refractivity contribution in [2.75, 3.05) is 6.54 Å². The fraction of sp³-hybridized carbons (Fsp3) is 0.533. The van der Waals surface area contributed by atoms with Crippen molar-refractivity contribution in [1.82, 2.24) is 10.6 Å². The molecule has 2 N–H and O–H groups in total. The van der Waals surface area contributed by atoms with Gasteiger partial charge in [0.25, 0.3) is 0 Å². The lowest BCUT2D eigenvalue weighted by Crippen LogP contribution is -2.38. The highest BCUT2D eigenvalue weighted by Crippen LogP contribution is 2.00. The summed E-state index contributed by atoms with van der Waals surface area (Å²) in [6.45, 7) is 5.33. The molecule has 1 rings (SSSR count). The van der Waals surface area contributed by atoms with Gasteiger partial charge in [0, 0.05) is 12.6 Å². The van der Waals surface area contributed by atoms with E-state index >= 15 is 0 Å². The second kappa shape index (κ2) is 8.70. The van der Waals surface area contributed by atoms with E-state index in [1.807, 2.05) is 30.3 Å². The van der Waals surface area contributed by atoms with Gasteiger partial charge in [-0.3, -0.25) is 4.79 Å². The van der Waals surface area contributed by atoms with E-state index in [4.69, 9.17) is 0 Å². The van der Waals surface area contributed by atoms with Gasteiger partial charge in [0.1, 0.15) is 0 Å². The first kappa shape index (κ1) is 14.7. The minimum atomic E-state index is 0.0633. The number of benzene rings is 1. The summed E-state index contributed by atoms with van der Waals surface area (Å²) in [6, 6.07) is 10.4. The molecule has 0 aliphatic heterocycles. The summed E-state index contributed by atoms with van der Waals surface area (Å²) >= 11 is 0. The van der Waals surface area contributed by atoms with Gasteiger partial charge < -0.3 is 10.6 Å². The number of carbonyl (C=O) groups is 1. The number of carbonyl (C=O) groups excluding carboxylic acids is 1. The Kier molecular flexibility index (Phi) is 7.11. The monoisotopic (exact) mass is 248 g/mol. The fourth-order valence-corrected chi connectivity index (χ4v) is 1.90. The standard InChI is InChI=1S/C15H24N2O/c1-3-8-14(4-2)16-12-15(18)17-11-13-9-6-5-7-10-13/h5-7,9-10,14,16H,3-4,8,11-12H2,1-2H3,(H,17,18). The van der Waals surface area contributed by atoms with E-state index in [2.05, 4.69) is 24.5 Å². The van der Waals surface area contributed by atoms with Gasteiger partial charge in [-0.1, -0.05) is 50.6 Å². The second-order valence-electron chi connectivity index (χ2n) is 4.54. The lowest BCUT2D eigenvalue weighted by atomic mass is 10.1. The smallest absolute Gasteiger partial charge is 0.234 e. The average Bonchev–Trinajstić information content (AvgIpc) is 2.42. The van der Waals surface area contributed by atoms with Gasteiger partial charge in [-0.2, -0.15) is 0 Å². The number of hydrogen-bond donors (Lipinski definition) is 2. The minimum Gasteiger partial charge on any atom is -0.351 e. The van der Waals surface area contributed by atoms with E-state index in [-0.39, 0.29) is 5.91 Å². The highest BCUT2D eigenvalue weighted by Gasteiger charge is 2.06. The lowest BCUT2D eigenvalue weighted by Gasteiger charge is -2.15. The molecule has 0 radical (unpaired) electrons. The molecule has 0 aromatic heterocycles. The molecule has 1 amide bonds. The van der Waals surface area contributed by atoms with Crippen molar-refractivity contribution < 1.29 is 4.79 Å². The Balaban J connectivity index is 2.21. The van der Waals surface area contributed by atoms with Crippen LogP contribution in [0.25, 0.3) is 0 Å². The lowest BCUT2D eigenvalue weighted by molar-refractivity contribution is -0.120. The van der Waals surface area contributed by atoms with Crippen LogP contribution in [-0.4, -0.2) is 18.5 Å². The van der Waals surface area contributed by atoms with E-state index < -0.39 is 0 Å². The summed E-state index contributed by atoms with van der Waals surface area (Å²) in [7, 11) is 0. The summed E-state index contributed by atoms with van der Waals surface area (Å²) in [6.07, 6.45) is 3.35. The van der Waals surface area contributed by atoms with E-state index in [9.17, 15) is 4.79 Å². The van der Waals surface area contributed by atoms with Crippen LogP contribution in [0.2, 0.25) is 0 Å². The molecule has 1 unspecified atom stereocenters. The molecule has 0 heterocycles. The molecular formula is C15H24N2O. The first-order chi connectivity index (χ1) is 8.76. The third-order valence-electron chi connectivity index (χ3n) is 3.01. The van der Waals surface area contributed by atoms with Gasteiger partial charge >= 0.3 is 0 Å². The molecule has 18 heavy (non-hydrogen) atoms. The van der Waals surface area contributed by atoms with Gasteiger partial charge in [0.15, 0.2) is 0 Å². The van der Waals surface area contributed by atoms with Gasteiger partial charge in [-0.05, 0) is 18.4 Å². The largest absolute Gasteiger partial charge is 0.351 e. The third-order valence-corrected chi connectivity index (χ3v) is 3.01. The quantitative estimate of drug-likeness (QED) is 0.742. The van der Waals surface area contributed by atoms with Gasteiger partial charge in [0.05, 0.1) is 6.54 Å². The van der Waals surface area contributed by atoms with Crippen molar-refractivity contribution in [3.8, 4) is 0 Å². The molecule has 3 heteroatoms. The molecule has 3 nitrogen and oxygen atoms in total. The van der Waals surface area contributed by atoms with Crippen LogP contribution >= 0.6 is 0 Å². The van der Waals surface area contributed by atoms with Crippen LogP contribution < -0.4 is 10.6 Å². The van der Waals surface area contributed by atoms with E-state index in [0.717, 1.165) is 24.8 Å². The number of rotatable bonds is 8. The molecule has 1 atom stereocenters. The molecule has 0 saturated heterocycles. The SMILES string of the molecule is CCCC(CC)NCC(=O)NCc1ccccc1. The molecule has 1 aromatic rings. The maximum absolute atomic E-state index is 11.7. The van der Waals surface area contributed by atoms with Gasteiger partial charge in [-0.25, -0.2) is 0 Å². The Morgan fingerprint density at radius 3 is 2.56 bits per heavy atom. The Hall–Kier alpha value is -1.35. The fourth-order valence-electron chi connectivity index (χ4n) is 1.90. The summed E-state index contributed by atoms with van der Waals surface area (Å²) in [5, 5.41) is 6.21. The van der Waals surface area contributed by atoms with Crippen molar-refractivity contribution in [2.24, 2.45) is 0 Å². The highest BCUT2D eigenvalue weighted by atomic mass is 16.1. The van der Waals surface area contributed by atoms with Gasteiger partial charge in [0.2, 0.25) is 5.91 Å². The zero-order valence-corrected chi connectivity index (χ0v) is 11.4. The molecule has 0 aliphatic carbocycles. The Morgan fingerprint density at radius 2 is 1.94 bits per heavy atom. The maximum Gasteiger partial charge on any atom is 0.234 e. The molecule has 100 valence electrons. The number of hydrogen-bond acceptors (Lipinski definition) is 2. The zero-order valence-electron chi connectivity index (χ0n) is 11.4. The van der Waals surface area contributed by atoms with Gasteiger partial charge in [-0.15, -0.1) is 0 Å². The van der Waals surface area contributed by atoms with Crippen molar-refractivity contribution in [2.45, 2.75) is 45.7 Å². The summed E-state index contributed by atoms with van der Waals surface area (Å²) in [4.78, 5) is 11.7. The van der Waals surface area contributed by atoms with E-state index in [1.54, 1.807) is 0 Å². The van der Waals surface area contributed by atoms with Crippen LogP contribution in [0.3, 0.4) is 0 Å². The normalized spacial score (nSPS) is 12.1. The topological polar surface area (TPSA) is 41.1 Å². The zero-order chi connectivity index (χ0) is 13.2. The van der Waals surface area contributed by atoms with Crippen LogP contribution in [0.1, 0.15) is 38.7 Å². The average molecular weight is 248 g/mol. The first-order valence-corrected chi connectivity index (χ1v) is 6.80. The van der Waals surface area contributed by atoms with Crippen molar-refractivity contribution in [3.63, 3.8) is 0 Å². The van der Waals surface area contributed by atoms with Crippen molar-refractivity contribution >= 4 is 5.91 Å². The summed E-state index contributed by atoms with van der Waals surface area (Å²) in [5.41, 5.74) is 1.13. The van der Waals surface area contributed by atoms with E-state index in [1.165, 1.54) is 0 Å². The Labute approximate surface area is 110 Å².